The summed E-state index contributed by atoms with van der Waals surface area (Å²) in [6, 6.07) is 12.5. The average molecular weight is 553 g/mol. The lowest BCUT2D eigenvalue weighted by atomic mass is 9.92. The molecule has 1 aliphatic heterocycles. The van der Waals surface area contributed by atoms with E-state index >= 15 is 0 Å². The van der Waals surface area contributed by atoms with E-state index in [4.69, 9.17) is 0 Å². The fourth-order valence-corrected chi connectivity index (χ4v) is 5.54. The highest BCUT2D eigenvalue weighted by Gasteiger charge is 2.52. The molecule has 1 atom stereocenters. The lowest BCUT2D eigenvalue weighted by Crippen LogP contribution is -2.28. The van der Waals surface area contributed by atoms with Crippen molar-refractivity contribution in [2.75, 3.05) is 5.32 Å². The average Bonchev–Trinajstić information content (AvgIpc) is 3.52. The monoisotopic (exact) mass is 552 g/mol. The van der Waals surface area contributed by atoms with Gasteiger partial charge in [-0.15, -0.1) is 8.78 Å². The number of halogens is 2. The van der Waals surface area contributed by atoms with E-state index in [-0.39, 0.29) is 22.8 Å². The van der Waals surface area contributed by atoms with Gasteiger partial charge in [0.25, 0.3) is 0 Å². The molecule has 1 saturated carbocycles. The molecular weight excluding hydrogens is 514 g/mol. The second-order valence-electron chi connectivity index (χ2n) is 12.3. The molecule has 1 aliphatic carbocycles. The lowest BCUT2D eigenvalue weighted by molar-refractivity contribution is -0.286. The summed E-state index contributed by atoms with van der Waals surface area (Å²) in [7, 11) is 0. The number of allylic oxidation sites excluding steroid dienone is 1. The van der Waals surface area contributed by atoms with Crippen LogP contribution in [0.25, 0.3) is 10.9 Å². The third kappa shape index (κ3) is 5.33. The van der Waals surface area contributed by atoms with Gasteiger partial charge in [0.1, 0.15) is 0 Å². The number of nitrogens with zero attached hydrogens (tertiary/aromatic N) is 1. The first-order valence-electron chi connectivity index (χ1n) is 13.9. The Labute approximate surface area is 234 Å². The number of aromatic nitrogens is 1. The van der Waals surface area contributed by atoms with E-state index in [1.807, 2.05) is 18.2 Å². The molecule has 6 nitrogen and oxygen atoms in total. The molecule has 2 aliphatic rings. The van der Waals surface area contributed by atoms with Gasteiger partial charge >= 0.3 is 6.29 Å². The Morgan fingerprint density at radius 3 is 2.40 bits per heavy atom. The smallest absolute Gasteiger partial charge is 0.395 e. The summed E-state index contributed by atoms with van der Waals surface area (Å²) in [5, 5.41) is 15.0. The first-order valence-corrected chi connectivity index (χ1v) is 13.9. The standard InChI is InChI=1S/C32H38F2N2O4/c1-7-19(2)20(3)14-24(37)18-36-25-10-9-23(15-21(25)16-28(36)30(4,5)6)35-29(38)31(12-13-31)22-8-11-26-27(17-22)40-32(33,34)39-26/h8-11,15-17,24,37H,7,12-14,18H2,1-6H3,(H,35,38). The zero-order valence-corrected chi connectivity index (χ0v) is 24.0. The highest BCUT2D eigenvalue weighted by molar-refractivity contribution is 6.02. The maximum Gasteiger partial charge on any atom is 0.586 e. The Morgan fingerprint density at radius 1 is 1.05 bits per heavy atom. The number of ether oxygens (including phenoxy) is 2. The quantitative estimate of drug-likeness (QED) is 0.285. The lowest BCUT2D eigenvalue weighted by Gasteiger charge is -2.24. The summed E-state index contributed by atoms with van der Waals surface area (Å²) in [6.45, 7) is 13.2. The minimum atomic E-state index is -3.70. The third-order valence-electron chi connectivity index (χ3n) is 8.26. The van der Waals surface area contributed by atoms with Gasteiger partial charge in [-0.25, -0.2) is 0 Å². The third-order valence-corrected chi connectivity index (χ3v) is 8.26. The van der Waals surface area contributed by atoms with E-state index < -0.39 is 17.8 Å². The molecule has 1 fully saturated rings. The predicted octanol–water partition coefficient (Wildman–Crippen LogP) is 7.43. The van der Waals surface area contributed by atoms with Crippen molar-refractivity contribution in [1.82, 2.24) is 4.57 Å². The topological polar surface area (TPSA) is 72.7 Å². The summed E-state index contributed by atoms with van der Waals surface area (Å²) in [6.07, 6.45) is -1.39. The zero-order valence-electron chi connectivity index (χ0n) is 24.0. The molecule has 40 heavy (non-hydrogen) atoms. The Balaban J connectivity index is 1.39. The Hall–Kier alpha value is -3.39. The van der Waals surface area contributed by atoms with Crippen LogP contribution in [0.2, 0.25) is 0 Å². The molecule has 214 valence electrons. The van der Waals surface area contributed by atoms with Crippen molar-refractivity contribution in [3.63, 3.8) is 0 Å². The van der Waals surface area contributed by atoms with Gasteiger partial charge in [-0.2, -0.15) is 0 Å². The molecule has 2 heterocycles. The fraction of sp³-hybridized carbons (Fsp3) is 0.469. The van der Waals surface area contributed by atoms with Gasteiger partial charge in [-0.05, 0) is 81.5 Å². The van der Waals surface area contributed by atoms with Crippen LogP contribution in [0.5, 0.6) is 11.5 Å². The first-order chi connectivity index (χ1) is 18.7. The molecule has 8 heteroatoms. The molecule has 0 bridgehead atoms. The number of carbonyl (C=O) groups excluding carboxylic acids is 1. The fourth-order valence-electron chi connectivity index (χ4n) is 5.54. The van der Waals surface area contributed by atoms with Crippen molar-refractivity contribution < 1.29 is 28.2 Å². The van der Waals surface area contributed by atoms with Crippen LogP contribution in [-0.4, -0.2) is 28.0 Å². The number of rotatable bonds is 8. The largest absolute Gasteiger partial charge is 0.586 e. The summed E-state index contributed by atoms with van der Waals surface area (Å²) < 4.78 is 38.3. The first kappa shape index (κ1) is 28.1. The van der Waals surface area contributed by atoms with Crippen LogP contribution in [0, 0.1) is 0 Å². The summed E-state index contributed by atoms with van der Waals surface area (Å²) in [4.78, 5) is 13.4. The van der Waals surface area contributed by atoms with E-state index in [0.29, 0.717) is 37.1 Å². The maximum absolute atomic E-state index is 13.5. The van der Waals surface area contributed by atoms with Crippen molar-refractivity contribution in [3.05, 3.63) is 64.9 Å². The Bertz CT molecular complexity index is 1490. The van der Waals surface area contributed by atoms with Crippen molar-refractivity contribution >= 4 is 22.5 Å². The number of hydrogen-bond donors (Lipinski definition) is 2. The second kappa shape index (κ2) is 9.91. The Morgan fingerprint density at radius 2 is 1.75 bits per heavy atom. The number of nitrogens with one attached hydrogen (secondary N) is 1. The normalized spacial score (nSPS) is 18.4. The minimum absolute atomic E-state index is 0.0358. The van der Waals surface area contributed by atoms with Crippen LogP contribution in [0.1, 0.15) is 78.5 Å². The highest BCUT2D eigenvalue weighted by atomic mass is 19.3. The molecule has 1 aromatic heterocycles. The van der Waals surface area contributed by atoms with Gasteiger partial charge in [0.15, 0.2) is 11.5 Å². The molecule has 0 saturated heterocycles. The number of amides is 1. The number of anilines is 1. The summed E-state index contributed by atoms with van der Waals surface area (Å²) in [5.74, 6) is -0.278. The number of hydrogen-bond acceptors (Lipinski definition) is 4. The second-order valence-corrected chi connectivity index (χ2v) is 12.3. The predicted molar refractivity (Wildman–Crippen MR) is 152 cm³/mol. The van der Waals surface area contributed by atoms with Crippen molar-refractivity contribution in [2.45, 2.75) is 97.0 Å². The molecule has 0 radical (unpaired) electrons. The molecule has 5 rings (SSSR count). The van der Waals surface area contributed by atoms with Gasteiger partial charge in [0, 0.05) is 34.2 Å². The van der Waals surface area contributed by atoms with Crippen LogP contribution in [0.3, 0.4) is 0 Å². The van der Waals surface area contributed by atoms with Gasteiger partial charge in [-0.3, -0.25) is 4.79 Å². The molecule has 2 N–H and O–H groups in total. The van der Waals surface area contributed by atoms with Crippen LogP contribution < -0.4 is 14.8 Å². The van der Waals surface area contributed by atoms with Gasteiger partial charge in [0.2, 0.25) is 5.91 Å². The van der Waals surface area contributed by atoms with Gasteiger partial charge < -0.3 is 24.5 Å². The number of carbonyl (C=O) groups is 1. The number of aliphatic hydroxyl groups is 1. The van der Waals surface area contributed by atoms with Gasteiger partial charge in [-0.1, -0.05) is 44.9 Å². The van der Waals surface area contributed by atoms with E-state index in [2.05, 4.69) is 67.0 Å². The molecular formula is C32H38F2N2O4. The minimum Gasteiger partial charge on any atom is -0.395 e. The van der Waals surface area contributed by atoms with Crippen LogP contribution in [-0.2, 0) is 22.2 Å². The van der Waals surface area contributed by atoms with Crippen LogP contribution >= 0.6 is 0 Å². The van der Waals surface area contributed by atoms with E-state index in [9.17, 15) is 18.7 Å². The Kier molecular flexibility index (Phi) is 6.97. The number of alkyl halides is 2. The van der Waals surface area contributed by atoms with E-state index in [1.54, 1.807) is 6.07 Å². The number of benzene rings is 2. The summed E-state index contributed by atoms with van der Waals surface area (Å²) in [5.41, 5.74) is 4.97. The highest BCUT2D eigenvalue weighted by Crippen LogP contribution is 2.52. The van der Waals surface area contributed by atoms with Crippen LogP contribution in [0.4, 0.5) is 14.5 Å². The van der Waals surface area contributed by atoms with Crippen LogP contribution in [0.15, 0.2) is 53.6 Å². The molecule has 1 unspecified atom stereocenters. The molecule has 1 amide bonds. The molecule has 2 aromatic carbocycles. The zero-order chi connectivity index (χ0) is 29.0. The van der Waals surface area contributed by atoms with E-state index in [1.165, 1.54) is 23.3 Å². The number of aliphatic hydroxyl groups excluding tert-OH is 1. The molecule has 3 aromatic rings. The van der Waals surface area contributed by atoms with Crippen molar-refractivity contribution in [3.8, 4) is 11.5 Å². The summed E-state index contributed by atoms with van der Waals surface area (Å²) >= 11 is 0. The van der Waals surface area contributed by atoms with Crippen molar-refractivity contribution in [2.24, 2.45) is 0 Å². The maximum atomic E-state index is 13.5. The van der Waals surface area contributed by atoms with E-state index in [0.717, 1.165) is 23.0 Å². The SMILES string of the molecule is CCC(C)=C(C)CC(O)Cn1c(C(C)(C)C)cc2cc(NC(=O)C3(c4ccc5c(c4)OC(F)(F)O5)CC3)ccc21. The molecule has 0 spiro atoms. The van der Waals surface area contributed by atoms with Crippen molar-refractivity contribution in [1.29, 1.82) is 0 Å². The number of fused-ring (bicyclic) bond motifs is 2. The van der Waals surface area contributed by atoms with Gasteiger partial charge in [0.05, 0.1) is 11.5 Å².